The molecule has 0 unspecified atom stereocenters. The summed E-state index contributed by atoms with van der Waals surface area (Å²) in [6.07, 6.45) is 1.95. The summed E-state index contributed by atoms with van der Waals surface area (Å²) in [5.74, 6) is 0. The molecule has 1 aromatic carbocycles. The highest BCUT2D eigenvalue weighted by atomic mass is 16.5. The first-order valence-electron chi connectivity index (χ1n) is 7.95. The third-order valence-corrected chi connectivity index (χ3v) is 5.25. The smallest absolute Gasteiger partial charge is 0.0547 e. The maximum absolute atomic E-state index is 5.53. The van der Waals surface area contributed by atoms with Crippen LogP contribution in [0.3, 0.4) is 0 Å². The van der Waals surface area contributed by atoms with E-state index in [2.05, 4.69) is 44.7 Å². The molecule has 0 amide bonds. The fraction of sp³-hybridized carbons (Fsp3) is 0.500. The van der Waals surface area contributed by atoms with Gasteiger partial charge < -0.3 is 9.47 Å². The van der Waals surface area contributed by atoms with Crippen LogP contribution in [-0.4, -0.2) is 27.4 Å². The van der Waals surface area contributed by atoms with E-state index in [1.54, 1.807) is 14.2 Å². The molecule has 0 saturated carbocycles. The number of methoxy groups -OCH3 is 2. The summed E-state index contributed by atoms with van der Waals surface area (Å²) in [6.45, 7) is 10.5. The molecule has 2 aliphatic carbocycles. The summed E-state index contributed by atoms with van der Waals surface area (Å²) in [7, 11) is 3.55. The number of benzene rings is 1. The van der Waals surface area contributed by atoms with Gasteiger partial charge in [-0.25, -0.2) is 0 Å². The third-order valence-electron chi connectivity index (χ3n) is 5.25. The Kier molecular flexibility index (Phi) is 3.78. The summed E-state index contributed by atoms with van der Waals surface area (Å²) in [5, 5.41) is 0. The Morgan fingerprint density at radius 1 is 1.05 bits per heavy atom. The Hall–Kier alpha value is -1.38. The first-order chi connectivity index (χ1) is 10.4. The summed E-state index contributed by atoms with van der Waals surface area (Å²) < 4.78 is 11.1. The average Bonchev–Trinajstić information content (AvgIpc) is 2.68. The molecule has 2 nitrogen and oxygen atoms in total. The van der Waals surface area contributed by atoms with Crippen LogP contribution in [-0.2, 0) is 14.9 Å². The molecule has 0 saturated heterocycles. The van der Waals surface area contributed by atoms with Gasteiger partial charge in [0.2, 0.25) is 0 Å². The zero-order valence-corrected chi connectivity index (χ0v) is 14.2. The minimum Gasteiger partial charge on any atom is -0.384 e. The van der Waals surface area contributed by atoms with Gasteiger partial charge in [-0.05, 0) is 35.1 Å². The number of allylic oxidation sites excluding steroid dienone is 3. The van der Waals surface area contributed by atoms with Crippen LogP contribution >= 0.6 is 0 Å². The first-order valence-corrected chi connectivity index (χ1v) is 7.95. The molecule has 0 N–H and O–H groups in total. The molecule has 22 heavy (non-hydrogen) atoms. The van der Waals surface area contributed by atoms with E-state index < -0.39 is 0 Å². The number of rotatable bonds is 4. The molecule has 0 spiro atoms. The monoisotopic (exact) mass is 298 g/mol. The van der Waals surface area contributed by atoms with Crippen LogP contribution in [0.1, 0.15) is 37.8 Å². The second-order valence-corrected chi connectivity index (χ2v) is 7.35. The highest BCUT2D eigenvalue weighted by Gasteiger charge is 2.46. The van der Waals surface area contributed by atoms with Crippen LogP contribution < -0.4 is 0 Å². The predicted octanol–water partition coefficient (Wildman–Crippen LogP) is 4.36. The second kappa shape index (κ2) is 5.36. The van der Waals surface area contributed by atoms with Gasteiger partial charge in [-0.2, -0.15) is 0 Å². The van der Waals surface area contributed by atoms with E-state index in [0.717, 1.165) is 12.8 Å². The maximum Gasteiger partial charge on any atom is 0.0547 e. The molecule has 3 rings (SSSR count). The molecule has 0 aromatic heterocycles. The molecule has 2 heteroatoms. The van der Waals surface area contributed by atoms with E-state index in [1.165, 1.54) is 27.8 Å². The Bertz CT molecular complexity index is 631. The molecule has 118 valence electrons. The Morgan fingerprint density at radius 3 is 2.32 bits per heavy atom. The maximum atomic E-state index is 5.53. The van der Waals surface area contributed by atoms with Crippen molar-refractivity contribution in [1.82, 2.24) is 0 Å². The molecule has 0 radical (unpaired) electrons. The summed E-state index contributed by atoms with van der Waals surface area (Å²) in [4.78, 5) is 0. The molecule has 0 fully saturated rings. The normalized spacial score (nSPS) is 21.7. The Morgan fingerprint density at radius 2 is 1.68 bits per heavy atom. The summed E-state index contributed by atoms with van der Waals surface area (Å²) in [6, 6.07) is 8.79. The largest absolute Gasteiger partial charge is 0.384 e. The van der Waals surface area contributed by atoms with Gasteiger partial charge in [0.1, 0.15) is 0 Å². The van der Waals surface area contributed by atoms with E-state index in [0.29, 0.717) is 13.2 Å². The van der Waals surface area contributed by atoms with E-state index in [1.807, 2.05) is 0 Å². The standard InChI is InChI=1S/C20H26O2/c1-14-10-20(12-21-4,13-22-5)11-16-15-8-6-7-9-17(15)19(2,3)18(14)16/h6-9H,1,10-13H2,2-5H3. The van der Waals surface area contributed by atoms with Crippen molar-refractivity contribution in [1.29, 1.82) is 0 Å². The van der Waals surface area contributed by atoms with Crippen LogP contribution in [0, 0.1) is 5.41 Å². The summed E-state index contributed by atoms with van der Waals surface area (Å²) in [5.41, 5.74) is 7.01. The van der Waals surface area contributed by atoms with E-state index in [9.17, 15) is 0 Å². The van der Waals surface area contributed by atoms with Gasteiger partial charge in [-0.15, -0.1) is 0 Å². The lowest BCUT2D eigenvalue weighted by atomic mass is 9.67. The average molecular weight is 298 g/mol. The summed E-state index contributed by atoms with van der Waals surface area (Å²) >= 11 is 0. The van der Waals surface area contributed by atoms with Gasteiger partial charge in [0.25, 0.3) is 0 Å². The van der Waals surface area contributed by atoms with E-state index in [4.69, 9.17) is 9.47 Å². The number of hydrogen-bond acceptors (Lipinski definition) is 2. The van der Waals surface area contributed by atoms with Gasteiger partial charge in [-0.1, -0.05) is 50.3 Å². The Balaban J connectivity index is 2.12. The molecule has 0 heterocycles. The van der Waals surface area contributed by atoms with Gasteiger partial charge in [-0.3, -0.25) is 0 Å². The Labute approximate surface area is 133 Å². The van der Waals surface area contributed by atoms with Crippen LogP contribution in [0.15, 0.2) is 42.0 Å². The van der Waals surface area contributed by atoms with Crippen LogP contribution in [0.4, 0.5) is 0 Å². The zero-order chi connectivity index (χ0) is 16.0. The number of ether oxygens (including phenoxy) is 2. The minimum atomic E-state index is 0.00689. The third kappa shape index (κ3) is 2.17. The van der Waals surface area contributed by atoms with Crippen LogP contribution in [0.2, 0.25) is 0 Å². The molecular weight excluding hydrogens is 272 g/mol. The topological polar surface area (TPSA) is 18.5 Å². The van der Waals surface area contributed by atoms with Crippen molar-refractivity contribution in [3.8, 4) is 0 Å². The quantitative estimate of drug-likeness (QED) is 0.822. The lowest BCUT2D eigenvalue weighted by molar-refractivity contribution is 0.0119. The van der Waals surface area contributed by atoms with Crippen molar-refractivity contribution in [2.45, 2.75) is 32.1 Å². The fourth-order valence-corrected chi connectivity index (χ4v) is 4.61. The van der Waals surface area contributed by atoms with Crippen LogP contribution in [0.25, 0.3) is 5.57 Å². The van der Waals surface area contributed by atoms with Crippen molar-refractivity contribution >= 4 is 5.57 Å². The highest BCUT2D eigenvalue weighted by molar-refractivity contribution is 5.85. The molecular formula is C20H26O2. The van der Waals surface area contributed by atoms with Crippen LogP contribution in [0.5, 0.6) is 0 Å². The first kappa shape index (κ1) is 15.5. The molecule has 2 aliphatic rings. The fourth-order valence-electron chi connectivity index (χ4n) is 4.61. The van der Waals surface area contributed by atoms with Crippen molar-refractivity contribution < 1.29 is 9.47 Å². The molecule has 0 bridgehead atoms. The molecule has 0 aliphatic heterocycles. The number of hydrogen-bond donors (Lipinski definition) is 0. The second-order valence-electron chi connectivity index (χ2n) is 7.35. The van der Waals surface area contributed by atoms with Crippen molar-refractivity contribution in [2.24, 2.45) is 5.41 Å². The highest BCUT2D eigenvalue weighted by Crippen LogP contribution is 2.57. The number of fused-ring (bicyclic) bond motifs is 2. The van der Waals surface area contributed by atoms with E-state index >= 15 is 0 Å². The molecule has 1 aromatic rings. The zero-order valence-electron chi connectivity index (χ0n) is 14.2. The van der Waals surface area contributed by atoms with Gasteiger partial charge in [0.05, 0.1) is 13.2 Å². The van der Waals surface area contributed by atoms with Gasteiger partial charge in [0.15, 0.2) is 0 Å². The van der Waals surface area contributed by atoms with Gasteiger partial charge >= 0.3 is 0 Å². The van der Waals surface area contributed by atoms with Crippen molar-refractivity contribution in [3.63, 3.8) is 0 Å². The van der Waals surface area contributed by atoms with Gasteiger partial charge in [0, 0.05) is 25.0 Å². The SMILES string of the molecule is C=C1CC(COC)(COC)CC2=C1C(C)(C)c1ccccc12. The van der Waals surface area contributed by atoms with E-state index in [-0.39, 0.29) is 10.8 Å². The van der Waals surface area contributed by atoms with Crippen molar-refractivity contribution in [2.75, 3.05) is 27.4 Å². The lowest BCUT2D eigenvalue weighted by Gasteiger charge is -2.40. The predicted molar refractivity (Wildman–Crippen MR) is 90.9 cm³/mol. The lowest BCUT2D eigenvalue weighted by Crippen LogP contribution is -2.36. The molecule has 0 atom stereocenters. The van der Waals surface area contributed by atoms with Crippen molar-refractivity contribution in [3.05, 3.63) is 53.1 Å². The minimum absolute atomic E-state index is 0.00689.